The lowest BCUT2D eigenvalue weighted by molar-refractivity contribution is -0.116. The van der Waals surface area contributed by atoms with Crippen molar-refractivity contribution in [2.75, 3.05) is 18.0 Å². The summed E-state index contributed by atoms with van der Waals surface area (Å²) in [6.07, 6.45) is 0. The fourth-order valence-corrected chi connectivity index (χ4v) is 4.16. The van der Waals surface area contributed by atoms with Crippen molar-refractivity contribution in [3.05, 3.63) is 59.7 Å². The molecule has 0 spiro atoms. The van der Waals surface area contributed by atoms with Gasteiger partial charge in [-0.15, -0.1) is 0 Å². The van der Waals surface area contributed by atoms with E-state index in [1.807, 2.05) is 24.3 Å². The number of aryl methyl sites for hydroxylation is 1. The largest absolute Gasteiger partial charge is 0.311 e. The zero-order valence-corrected chi connectivity index (χ0v) is 16.5. The van der Waals surface area contributed by atoms with E-state index in [1.54, 1.807) is 36.1 Å². The van der Waals surface area contributed by atoms with Gasteiger partial charge in [0, 0.05) is 25.7 Å². The van der Waals surface area contributed by atoms with E-state index in [4.69, 9.17) is 0 Å². The summed E-state index contributed by atoms with van der Waals surface area (Å²) in [6, 6.07) is 14.5. The second kappa shape index (κ2) is 8.47. The monoisotopic (exact) mass is 374 g/mol. The van der Waals surface area contributed by atoms with Crippen LogP contribution < -0.4 is 9.62 Å². The summed E-state index contributed by atoms with van der Waals surface area (Å²) in [5, 5.41) is 0. The predicted octanol–water partition coefficient (Wildman–Crippen LogP) is 3.45. The van der Waals surface area contributed by atoms with Crippen LogP contribution in [0, 0.1) is 6.92 Å². The van der Waals surface area contributed by atoms with E-state index in [2.05, 4.69) is 18.6 Å². The molecule has 0 saturated carbocycles. The van der Waals surface area contributed by atoms with Crippen LogP contribution in [-0.2, 0) is 14.8 Å². The number of rotatable bonds is 7. The fourth-order valence-electron chi connectivity index (χ4n) is 2.90. The molecular weight excluding hydrogens is 348 g/mol. The number of carbonyl (C=O) groups is 1. The predicted molar refractivity (Wildman–Crippen MR) is 105 cm³/mol. The first kappa shape index (κ1) is 20.1. The molecule has 0 radical (unpaired) electrons. The van der Waals surface area contributed by atoms with Crippen molar-refractivity contribution in [1.29, 1.82) is 0 Å². The zero-order chi connectivity index (χ0) is 19.3. The Balaban J connectivity index is 2.16. The molecule has 140 valence electrons. The minimum absolute atomic E-state index is 0.117. The van der Waals surface area contributed by atoms with Gasteiger partial charge in [-0.05, 0) is 36.1 Å². The third kappa shape index (κ3) is 4.71. The Labute approximate surface area is 156 Å². The SMILES string of the molecule is CC(=O)N(CCNS(=O)(=O)c1ccccc1C)c1ccccc1C(C)C. The summed E-state index contributed by atoms with van der Waals surface area (Å²) in [5.41, 5.74) is 2.57. The van der Waals surface area contributed by atoms with Crippen molar-refractivity contribution in [3.63, 3.8) is 0 Å². The van der Waals surface area contributed by atoms with E-state index in [0.29, 0.717) is 5.56 Å². The van der Waals surface area contributed by atoms with Crippen LogP contribution in [0.2, 0.25) is 0 Å². The third-order valence-corrected chi connectivity index (χ3v) is 5.86. The topological polar surface area (TPSA) is 66.5 Å². The van der Waals surface area contributed by atoms with Crippen molar-refractivity contribution in [1.82, 2.24) is 4.72 Å². The van der Waals surface area contributed by atoms with Crippen LogP contribution in [0.4, 0.5) is 5.69 Å². The molecule has 2 rings (SSSR count). The summed E-state index contributed by atoms with van der Waals surface area (Å²) in [6.45, 7) is 7.80. The minimum Gasteiger partial charge on any atom is -0.311 e. The Morgan fingerprint density at radius 1 is 1.08 bits per heavy atom. The molecule has 0 heterocycles. The zero-order valence-electron chi connectivity index (χ0n) is 15.7. The molecule has 26 heavy (non-hydrogen) atoms. The molecule has 1 N–H and O–H groups in total. The normalized spacial score (nSPS) is 11.6. The quantitative estimate of drug-likeness (QED) is 0.807. The number of amides is 1. The first-order valence-electron chi connectivity index (χ1n) is 8.66. The van der Waals surface area contributed by atoms with E-state index in [0.717, 1.165) is 11.3 Å². The number of nitrogens with one attached hydrogen (secondary N) is 1. The summed E-state index contributed by atoms with van der Waals surface area (Å²) in [5.74, 6) is 0.143. The molecule has 0 bridgehead atoms. The number of carbonyl (C=O) groups excluding carboxylic acids is 1. The maximum Gasteiger partial charge on any atom is 0.240 e. The molecule has 6 heteroatoms. The Kier molecular flexibility index (Phi) is 6.56. The number of nitrogens with zero attached hydrogens (tertiary/aromatic N) is 1. The lowest BCUT2D eigenvalue weighted by atomic mass is 10.0. The van der Waals surface area contributed by atoms with Gasteiger partial charge in [-0.3, -0.25) is 4.79 Å². The highest BCUT2D eigenvalue weighted by Gasteiger charge is 2.19. The molecule has 0 aliphatic rings. The van der Waals surface area contributed by atoms with Gasteiger partial charge in [0.1, 0.15) is 0 Å². The van der Waals surface area contributed by atoms with Gasteiger partial charge in [0.15, 0.2) is 0 Å². The molecule has 0 fully saturated rings. The summed E-state index contributed by atoms with van der Waals surface area (Å²) < 4.78 is 27.6. The van der Waals surface area contributed by atoms with Crippen LogP contribution >= 0.6 is 0 Å². The van der Waals surface area contributed by atoms with Crippen LogP contribution in [0.3, 0.4) is 0 Å². The Bertz CT molecular complexity index is 876. The second-order valence-corrected chi connectivity index (χ2v) is 8.28. The highest BCUT2D eigenvalue weighted by molar-refractivity contribution is 7.89. The standard InChI is InChI=1S/C20H26N2O3S/c1-15(2)18-10-6-7-11-19(18)22(17(4)23)14-13-21-26(24,25)20-12-8-5-9-16(20)3/h5-12,15,21H,13-14H2,1-4H3. The average Bonchev–Trinajstić information content (AvgIpc) is 2.58. The summed E-state index contributed by atoms with van der Waals surface area (Å²) in [4.78, 5) is 14.0. The fraction of sp³-hybridized carbons (Fsp3) is 0.350. The van der Waals surface area contributed by atoms with Gasteiger partial charge >= 0.3 is 0 Å². The van der Waals surface area contributed by atoms with Gasteiger partial charge < -0.3 is 4.90 Å². The minimum atomic E-state index is -3.61. The van der Waals surface area contributed by atoms with E-state index in [-0.39, 0.29) is 29.8 Å². The smallest absolute Gasteiger partial charge is 0.240 e. The number of sulfonamides is 1. The van der Waals surface area contributed by atoms with Crippen molar-refractivity contribution >= 4 is 21.6 Å². The summed E-state index contributed by atoms with van der Waals surface area (Å²) >= 11 is 0. The van der Waals surface area contributed by atoms with Crippen molar-refractivity contribution < 1.29 is 13.2 Å². The molecular formula is C20H26N2O3S. The van der Waals surface area contributed by atoms with Crippen LogP contribution in [0.5, 0.6) is 0 Å². The summed E-state index contributed by atoms with van der Waals surface area (Å²) in [7, 11) is -3.61. The molecule has 0 aromatic heterocycles. The molecule has 0 unspecified atom stereocenters. The van der Waals surface area contributed by atoms with Crippen LogP contribution in [0.15, 0.2) is 53.4 Å². The van der Waals surface area contributed by atoms with Crippen LogP contribution in [0.1, 0.15) is 37.8 Å². The van der Waals surface area contributed by atoms with E-state index < -0.39 is 10.0 Å². The maximum atomic E-state index is 12.5. The van der Waals surface area contributed by atoms with Gasteiger partial charge in [-0.25, -0.2) is 13.1 Å². The highest BCUT2D eigenvalue weighted by atomic mass is 32.2. The second-order valence-electron chi connectivity index (χ2n) is 6.55. The molecule has 0 aliphatic carbocycles. The molecule has 0 atom stereocenters. The van der Waals surface area contributed by atoms with Crippen molar-refractivity contribution in [2.45, 2.75) is 38.5 Å². The number of anilines is 1. The first-order valence-corrected chi connectivity index (χ1v) is 10.1. The van der Waals surface area contributed by atoms with E-state index in [1.165, 1.54) is 6.92 Å². The maximum absolute atomic E-state index is 12.5. The number of hydrogen-bond acceptors (Lipinski definition) is 3. The average molecular weight is 375 g/mol. The van der Waals surface area contributed by atoms with Crippen molar-refractivity contribution in [3.8, 4) is 0 Å². The van der Waals surface area contributed by atoms with Crippen LogP contribution in [0.25, 0.3) is 0 Å². The molecule has 0 saturated heterocycles. The van der Waals surface area contributed by atoms with Gasteiger partial charge in [-0.2, -0.15) is 0 Å². The van der Waals surface area contributed by atoms with Crippen molar-refractivity contribution in [2.24, 2.45) is 0 Å². The van der Waals surface area contributed by atoms with E-state index in [9.17, 15) is 13.2 Å². The van der Waals surface area contributed by atoms with Gasteiger partial charge in [0.2, 0.25) is 15.9 Å². The molecule has 5 nitrogen and oxygen atoms in total. The first-order chi connectivity index (χ1) is 12.2. The van der Waals surface area contributed by atoms with Crippen LogP contribution in [-0.4, -0.2) is 27.4 Å². The molecule has 2 aromatic carbocycles. The lowest BCUT2D eigenvalue weighted by Gasteiger charge is -2.25. The molecule has 1 amide bonds. The number of hydrogen-bond donors (Lipinski definition) is 1. The third-order valence-electron chi connectivity index (χ3n) is 4.24. The van der Waals surface area contributed by atoms with Gasteiger partial charge in [0.05, 0.1) is 4.90 Å². The number of para-hydroxylation sites is 1. The van der Waals surface area contributed by atoms with Gasteiger partial charge in [0.25, 0.3) is 0 Å². The molecule has 0 aliphatic heterocycles. The molecule has 2 aromatic rings. The van der Waals surface area contributed by atoms with E-state index >= 15 is 0 Å². The Morgan fingerprint density at radius 3 is 2.31 bits per heavy atom. The van der Waals surface area contributed by atoms with Gasteiger partial charge in [-0.1, -0.05) is 50.2 Å². The Morgan fingerprint density at radius 2 is 1.69 bits per heavy atom. The lowest BCUT2D eigenvalue weighted by Crippen LogP contribution is -2.38. The Hall–Kier alpha value is -2.18. The number of benzene rings is 2. The highest BCUT2D eigenvalue weighted by Crippen LogP contribution is 2.27.